The van der Waals surface area contributed by atoms with Gasteiger partial charge in [0, 0.05) is 11.6 Å². The van der Waals surface area contributed by atoms with Gasteiger partial charge in [-0.15, -0.1) is 0 Å². The first-order valence-corrected chi connectivity index (χ1v) is 21.3. The van der Waals surface area contributed by atoms with Gasteiger partial charge in [0.15, 0.2) is 0 Å². The largest absolute Gasteiger partial charge is 0.416 e. The topological polar surface area (TPSA) is 0 Å². The van der Waals surface area contributed by atoms with E-state index in [1.807, 2.05) is 24.3 Å². The SMILES string of the molecule is C[C@H](C1=CC=CC1c1ccccc1P(C1CCCCC1)C1CCCCC1)P(c1cc(C(F)(F)F)cc(C(F)(F)F)c1)c1cc(C(F)(F)F)cc(C(F)(F)F)c1. The summed E-state index contributed by atoms with van der Waals surface area (Å²) in [6, 6.07) is 9.42. The van der Waals surface area contributed by atoms with Gasteiger partial charge in [-0.2, -0.15) is 52.7 Å². The van der Waals surface area contributed by atoms with Gasteiger partial charge in [0.25, 0.3) is 0 Å². The summed E-state index contributed by atoms with van der Waals surface area (Å²) in [6.07, 6.45) is -4.89. The molecule has 2 saturated carbocycles. The van der Waals surface area contributed by atoms with Gasteiger partial charge in [0.1, 0.15) is 0 Å². The highest BCUT2D eigenvalue weighted by Gasteiger charge is 2.43. The summed E-state index contributed by atoms with van der Waals surface area (Å²) < 4.78 is 170. The van der Waals surface area contributed by atoms with Crippen molar-refractivity contribution in [3.05, 3.63) is 112 Å². The monoisotopic (exact) mass is 822 g/mol. The van der Waals surface area contributed by atoms with Crippen LogP contribution in [0.3, 0.4) is 0 Å². The number of halogens is 12. The lowest BCUT2D eigenvalue weighted by atomic mass is 9.92. The summed E-state index contributed by atoms with van der Waals surface area (Å²) in [5.41, 5.74) is -5.55. The summed E-state index contributed by atoms with van der Waals surface area (Å²) in [7, 11) is -3.44. The minimum absolute atomic E-state index is 0.0940. The van der Waals surface area contributed by atoms with Gasteiger partial charge in [-0.05, 0) is 103 Å². The molecule has 298 valence electrons. The number of allylic oxidation sites excluding steroid dienone is 4. The van der Waals surface area contributed by atoms with Crippen LogP contribution >= 0.6 is 15.8 Å². The van der Waals surface area contributed by atoms with Crippen LogP contribution in [0.25, 0.3) is 0 Å². The van der Waals surface area contributed by atoms with E-state index in [0.717, 1.165) is 75.1 Å². The molecule has 0 nitrogen and oxygen atoms in total. The molecule has 14 heteroatoms. The van der Waals surface area contributed by atoms with E-state index in [-0.39, 0.29) is 12.1 Å². The average molecular weight is 823 g/mol. The Hall–Kier alpha value is -2.84. The van der Waals surface area contributed by atoms with Crippen molar-refractivity contribution in [2.45, 2.75) is 119 Å². The Labute approximate surface area is 315 Å². The second kappa shape index (κ2) is 16.2. The summed E-state index contributed by atoms with van der Waals surface area (Å²) >= 11 is 0. The Balaban J connectivity index is 1.53. The van der Waals surface area contributed by atoms with Crippen molar-refractivity contribution < 1.29 is 52.7 Å². The molecule has 3 aromatic rings. The van der Waals surface area contributed by atoms with Crippen LogP contribution in [0, 0.1) is 0 Å². The number of hydrogen-bond donors (Lipinski definition) is 0. The van der Waals surface area contributed by atoms with Gasteiger partial charge in [-0.25, -0.2) is 0 Å². The van der Waals surface area contributed by atoms with E-state index in [2.05, 4.69) is 6.07 Å². The fraction of sp³-hybridized carbons (Fsp3) is 0.463. The lowest BCUT2D eigenvalue weighted by Gasteiger charge is -2.40. The van der Waals surface area contributed by atoms with E-state index in [4.69, 9.17) is 0 Å². The zero-order chi connectivity index (χ0) is 39.9. The highest BCUT2D eigenvalue weighted by molar-refractivity contribution is 7.73. The summed E-state index contributed by atoms with van der Waals surface area (Å²) in [5.74, 6) is -0.547. The standard InChI is InChI=1S/C41H40F12P2/c1-25(34-16-10-17-35(34)36-15-8-9-18-37(36)55(30-11-4-2-5-12-30)31-13-6-3-7-14-31)54(32-21-26(38(42,43)44)19-27(22-32)39(45,46)47)33-23-28(40(48,49)50)20-29(24-33)41(51,52)53/h8-10,15-25,30-31,35H,2-7,11-14H2,1H3/t25-,35?/m1/s1. The minimum atomic E-state index is -5.30. The lowest BCUT2D eigenvalue weighted by Crippen LogP contribution is -2.30. The Kier molecular flexibility index (Phi) is 12.3. The van der Waals surface area contributed by atoms with E-state index >= 15 is 0 Å². The van der Waals surface area contributed by atoms with Crippen LogP contribution in [0.4, 0.5) is 52.7 Å². The highest BCUT2D eigenvalue weighted by Crippen LogP contribution is 2.57. The molecule has 55 heavy (non-hydrogen) atoms. The van der Waals surface area contributed by atoms with Crippen LogP contribution < -0.4 is 15.9 Å². The fourth-order valence-corrected chi connectivity index (χ4v) is 15.3. The molecule has 0 aliphatic heterocycles. The van der Waals surface area contributed by atoms with Crippen LogP contribution in [0.5, 0.6) is 0 Å². The first kappa shape index (κ1) is 41.8. The maximum atomic E-state index is 14.2. The second-order valence-corrected chi connectivity index (χ2v) is 20.0. The Morgan fingerprint density at radius 2 is 0.945 bits per heavy atom. The predicted molar refractivity (Wildman–Crippen MR) is 195 cm³/mol. The minimum Gasteiger partial charge on any atom is -0.166 e. The highest BCUT2D eigenvalue weighted by atomic mass is 31.1. The smallest absolute Gasteiger partial charge is 0.166 e. The molecule has 0 spiro atoms. The molecule has 0 N–H and O–H groups in total. The lowest BCUT2D eigenvalue weighted by molar-refractivity contribution is -0.144. The molecule has 2 atom stereocenters. The predicted octanol–water partition coefficient (Wildman–Crippen LogP) is 13.6. The van der Waals surface area contributed by atoms with Gasteiger partial charge in [-0.3, -0.25) is 0 Å². The molecule has 2 fully saturated rings. The molecule has 0 heterocycles. The molecule has 0 amide bonds. The first-order chi connectivity index (χ1) is 25.7. The summed E-state index contributed by atoms with van der Waals surface area (Å²) in [4.78, 5) is 0. The molecule has 0 bridgehead atoms. The molecular formula is C41H40F12P2. The maximum absolute atomic E-state index is 14.2. The van der Waals surface area contributed by atoms with Gasteiger partial charge in [0.05, 0.1) is 22.3 Å². The summed E-state index contributed by atoms with van der Waals surface area (Å²) in [5, 5.41) is -0.112. The normalized spacial score (nSPS) is 20.1. The average Bonchev–Trinajstić information content (AvgIpc) is 3.61. The first-order valence-electron chi connectivity index (χ1n) is 18.4. The number of alkyl halides is 12. The molecule has 0 saturated heterocycles. The Morgan fingerprint density at radius 1 is 0.545 bits per heavy atom. The van der Waals surface area contributed by atoms with Gasteiger partial charge < -0.3 is 0 Å². The molecule has 3 aliphatic carbocycles. The zero-order valence-corrected chi connectivity index (χ0v) is 31.6. The number of hydrogen-bond acceptors (Lipinski definition) is 0. The molecule has 6 rings (SSSR count). The van der Waals surface area contributed by atoms with Crippen molar-refractivity contribution in [1.29, 1.82) is 0 Å². The van der Waals surface area contributed by atoms with Gasteiger partial charge >= 0.3 is 24.7 Å². The van der Waals surface area contributed by atoms with E-state index in [9.17, 15) is 52.7 Å². The van der Waals surface area contributed by atoms with E-state index < -0.39 is 85.0 Å². The van der Waals surface area contributed by atoms with Crippen LogP contribution in [0.1, 0.15) is 105 Å². The van der Waals surface area contributed by atoms with E-state index in [1.165, 1.54) is 6.92 Å². The van der Waals surface area contributed by atoms with Crippen LogP contribution in [-0.4, -0.2) is 17.0 Å². The third-order valence-electron chi connectivity index (χ3n) is 11.0. The molecule has 3 aromatic carbocycles. The van der Waals surface area contributed by atoms with Gasteiger partial charge in [0.2, 0.25) is 0 Å². The van der Waals surface area contributed by atoms with Crippen LogP contribution in [-0.2, 0) is 24.7 Å². The number of benzene rings is 3. The van der Waals surface area contributed by atoms with Crippen molar-refractivity contribution in [2.24, 2.45) is 0 Å². The quantitative estimate of drug-likeness (QED) is 0.157. The third kappa shape index (κ3) is 9.49. The summed E-state index contributed by atoms with van der Waals surface area (Å²) in [6.45, 7) is 1.48. The molecule has 0 radical (unpaired) electrons. The fourth-order valence-electron chi connectivity index (χ4n) is 8.47. The van der Waals surface area contributed by atoms with Crippen molar-refractivity contribution >= 4 is 31.8 Å². The van der Waals surface area contributed by atoms with Crippen LogP contribution in [0.2, 0.25) is 0 Å². The Morgan fingerprint density at radius 3 is 1.35 bits per heavy atom. The number of rotatable bonds is 8. The van der Waals surface area contributed by atoms with Gasteiger partial charge in [-0.1, -0.05) is 101 Å². The van der Waals surface area contributed by atoms with Crippen molar-refractivity contribution in [3.63, 3.8) is 0 Å². The van der Waals surface area contributed by atoms with E-state index in [1.54, 1.807) is 12.2 Å². The second-order valence-electron chi connectivity index (χ2n) is 14.7. The van der Waals surface area contributed by atoms with Crippen molar-refractivity contribution in [2.75, 3.05) is 0 Å². The van der Waals surface area contributed by atoms with Crippen LogP contribution in [0.15, 0.2) is 84.5 Å². The van der Waals surface area contributed by atoms with E-state index in [0.29, 0.717) is 41.2 Å². The Bertz CT molecular complexity index is 1720. The zero-order valence-electron chi connectivity index (χ0n) is 29.8. The van der Waals surface area contributed by atoms with Crippen molar-refractivity contribution in [3.8, 4) is 0 Å². The molecule has 1 unspecified atom stereocenters. The third-order valence-corrected chi connectivity index (χ3v) is 17.3. The molecule has 3 aliphatic rings. The molecular weight excluding hydrogens is 782 g/mol. The maximum Gasteiger partial charge on any atom is 0.416 e. The molecule has 0 aromatic heterocycles. The van der Waals surface area contributed by atoms with Crippen molar-refractivity contribution in [1.82, 2.24) is 0 Å².